The third-order valence-electron chi connectivity index (χ3n) is 4.64. The maximum Gasteiger partial charge on any atom is 0.227 e. The van der Waals surface area contributed by atoms with Gasteiger partial charge in [-0.15, -0.1) is 0 Å². The summed E-state index contributed by atoms with van der Waals surface area (Å²) in [5, 5.41) is 3.14. The number of anilines is 2. The molecule has 2 heterocycles. The van der Waals surface area contributed by atoms with Crippen LogP contribution in [0.5, 0.6) is 0 Å². The van der Waals surface area contributed by atoms with Crippen molar-refractivity contribution in [3.05, 3.63) is 82.9 Å². The lowest BCUT2D eigenvalue weighted by atomic mass is 10.1. The zero-order valence-corrected chi connectivity index (χ0v) is 14.7. The second-order valence-corrected chi connectivity index (χ2v) is 6.74. The first-order valence-corrected chi connectivity index (χ1v) is 8.81. The number of hydrogen-bond acceptors (Lipinski definition) is 4. The van der Waals surface area contributed by atoms with Crippen molar-refractivity contribution in [2.24, 2.45) is 0 Å². The van der Waals surface area contributed by atoms with Gasteiger partial charge in [-0.3, -0.25) is 4.90 Å². The SMILES string of the molecule is Cc1ccc(CN2CCc3nc(Nc4ccc(F)cc4)ncc3C2)cc1. The summed E-state index contributed by atoms with van der Waals surface area (Å²) in [5.41, 5.74) is 5.66. The van der Waals surface area contributed by atoms with Crippen LogP contribution >= 0.6 is 0 Å². The number of nitrogens with zero attached hydrogens (tertiary/aromatic N) is 3. The van der Waals surface area contributed by atoms with Crippen LogP contribution in [0.2, 0.25) is 0 Å². The van der Waals surface area contributed by atoms with Gasteiger partial charge in [0.15, 0.2) is 0 Å². The molecule has 0 aliphatic carbocycles. The number of benzene rings is 2. The van der Waals surface area contributed by atoms with E-state index in [0.717, 1.165) is 37.4 Å². The monoisotopic (exact) mass is 348 g/mol. The average molecular weight is 348 g/mol. The summed E-state index contributed by atoms with van der Waals surface area (Å²) in [5.74, 6) is 0.304. The van der Waals surface area contributed by atoms with Crippen molar-refractivity contribution in [1.29, 1.82) is 0 Å². The van der Waals surface area contributed by atoms with Gasteiger partial charge >= 0.3 is 0 Å². The molecule has 4 rings (SSSR count). The van der Waals surface area contributed by atoms with E-state index in [1.165, 1.54) is 28.8 Å². The van der Waals surface area contributed by atoms with Crippen molar-refractivity contribution < 1.29 is 4.39 Å². The fraction of sp³-hybridized carbons (Fsp3) is 0.238. The Hall–Kier alpha value is -2.79. The minimum atomic E-state index is -0.254. The van der Waals surface area contributed by atoms with Gasteiger partial charge in [-0.1, -0.05) is 29.8 Å². The van der Waals surface area contributed by atoms with Crippen molar-refractivity contribution in [2.75, 3.05) is 11.9 Å². The first kappa shape index (κ1) is 16.7. The van der Waals surface area contributed by atoms with Gasteiger partial charge in [0.05, 0.1) is 5.69 Å². The van der Waals surface area contributed by atoms with Crippen molar-refractivity contribution >= 4 is 11.6 Å². The first-order chi connectivity index (χ1) is 12.7. The molecule has 0 radical (unpaired) electrons. The molecule has 5 heteroatoms. The van der Waals surface area contributed by atoms with E-state index in [2.05, 4.69) is 51.4 Å². The minimum absolute atomic E-state index is 0.254. The van der Waals surface area contributed by atoms with Crippen LogP contribution in [0, 0.1) is 12.7 Å². The molecule has 4 nitrogen and oxygen atoms in total. The molecule has 0 atom stereocenters. The lowest BCUT2D eigenvalue weighted by Crippen LogP contribution is -2.31. The normalized spacial score (nSPS) is 14.1. The highest BCUT2D eigenvalue weighted by molar-refractivity contribution is 5.53. The van der Waals surface area contributed by atoms with Crippen molar-refractivity contribution in [2.45, 2.75) is 26.4 Å². The zero-order valence-electron chi connectivity index (χ0n) is 14.7. The minimum Gasteiger partial charge on any atom is -0.324 e. The van der Waals surface area contributed by atoms with Crippen LogP contribution in [0.1, 0.15) is 22.4 Å². The van der Waals surface area contributed by atoms with Crippen molar-refractivity contribution in [3.8, 4) is 0 Å². The Morgan fingerprint density at radius 3 is 2.62 bits per heavy atom. The van der Waals surface area contributed by atoms with E-state index in [-0.39, 0.29) is 5.82 Å². The van der Waals surface area contributed by atoms with Crippen LogP contribution in [0.15, 0.2) is 54.7 Å². The lowest BCUT2D eigenvalue weighted by molar-refractivity contribution is 0.243. The lowest BCUT2D eigenvalue weighted by Gasteiger charge is -2.28. The molecule has 0 saturated carbocycles. The van der Waals surface area contributed by atoms with Gasteiger partial charge < -0.3 is 5.32 Å². The Labute approximate surface area is 152 Å². The van der Waals surface area contributed by atoms with Gasteiger partial charge in [0.25, 0.3) is 0 Å². The van der Waals surface area contributed by atoms with E-state index in [9.17, 15) is 4.39 Å². The third kappa shape index (κ3) is 3.89. The summed E-state index contributed by atoms with van der Waals surface area (Å²) in [4.78, 5) is 11.5. The topological polar surface area (TPSA) is 41.1 Å². The molecule has 0 spiro atoms. The fourth-order valence-corrected chi connectivity index (χ4v) is 3.18. The second kappa shape index (κ2) is 7.22. The van der Waals surface area contributed by atoms with Gasteiger partial charge in [-0.05, 0) is 36.8 Å². The Morgan fingerprint density at radius 2 is 1.85 bits per heavy atom. The molecule has 3 aromatic rings. The number of nitrogens with one attached hydrogen (secondary N) is 1. The van der Waals surface area contributed by atoms with E-state index in [1.807, 2.05) is 6.20 Å². The van der Waals surface area contributed by atoms with Crippen LogP contribution in [0.4, 0.5) is 16.0 Å². The van der Waals surface area contributed by atoms with Crippen LogP contribution in [-0.4, -0.2) is 21.4 Å². The van der Waals surface area contributed by atoms with E-state index < -0.39 is 0 Å². The average Bonchev–Trinajstić information content (AvgIpc) is 2.66. The van der Waals surface area contributed by atoms with E-state index in [1.54, 1.807) is 12.1 Å². The molecule has 0 bridgehead atoms. The summed E-state index contributed by atoms with van der Waals surface area (Å²) in [6.45, 7) is 4.89. The van der Waals surface area contributed by atoms with Crippen LogP contribution in [0.25, 0.3) is 0 Å². The largest absolute Gasteiger partial charge is 0.324 e. The highest BCUT2D eigenvalue weighted by Crippen LogP contribution is 2.21. The molecule has 0 amide bonds. The Bertz CT molecular complexity index is 891. The van der Waals surface area contributed by atoms with Gasteiger partial charge in [0, 0.05) is 43.5 Å². The zero-order chi connectivity index (χ0) is 17.9. The van der Waals surface area contributed by atoms with E-state index >= 15 is 0 Å². The highest BCUT2D eigenvalue weighted by Gasteiger charge is 2.18. The Morgan fingerprint density at radius 1 is 1.08 bits per heavy atom. The number of hydrogen-bond donors (Lipinski definition) is 1. The maximum atomic E-state index is 13.0. The molecule has 0 saturated heterocycles. The number of fused-ring (bicyclic) bond motifs is 1. The molecule has 26 heavy (non-hydrogen) atoms. The Balaban J connectivity index is 1.43. The molecule has 1 aliphatic rings. The van der Waals surface area contributed by atoms with Gasteiger partial charge in [0.1, 0.15) is 5.82 Å². The molecule has 1 aliphatic heterocycles. The molecular formula is C21H21FN4. The maximum absolute atomic E-state index is 13.0. The van der Waals surface area contributed by atoms with Crippen LogP contribution in [-0.2, 0) is 19.5 Å². The van der Waals surface area contributed by atoms with Crippen molar-refractivity contribution in [1.82, 2.24) is 14.9 Å². The highest BCUT2D eigenvalue weighted by atomic mass is 19.1. The second-order valence-electron chi connectivity index (χ2n) is 6.74. The molecule has 1 aromatic heterocycles. The van der Waals surface area contributed by atoms with Crippen LogP contribution < -0.4 is 5.32 Å². The molecule has 0 fully saturated rings. The summed E-state index contributed by atoms with van der Waals surface area (Å²) in [6.07, 6.45) is 2.80. The standard InChI is InChI=1S/C21H21FN4/c1-15-2-4-16(5-3-15)13-26-11-10-20-17(14-26)12-23-21(25-20)24-19-8-6-18(22)7-9-19/h2-9,12H,10-11,13-14H2,1H3,(H,23,24,25). The smallest absolute Gasteiger partial charge is 0.227 e. The summed E-state index contributed by atoms with van der Waals surface area (Å²) in [7, 11) is 0. The predicted octanol–water partition coefficient (Wildman–Crippen LogP) is 4.23. The first-order valence-electron chi connectivity index (χ1n) is 8.81. The number of halogens is 1. The van der Waals surface area contributed by atoms with Gasteiger partial charge in [-0.25, -0.2) is 14.4 Å². The van der Waals surface area contributed by atoms with Crippen LogP contribution in [0.3, 0.4) is 0 Å². The van der Waals surface area contributed by atoms with Crippen molar-refractivity contribution in [3.63, 3.8) is 0 Å². The number of aromatic nitrogens is 2. The summed E-state index contributed by atoms with van der Waals surface area (Å²) < 4.78 is 13.0. The fourth-order valence-electron chi connectivity index (χ4n) is 3.18. The predicted molar refractivity (Wildman–Crippen MR) is 101 cm³/mol. The summed E-state index contributed by atoms with van der Waals surface area (Å²) >= 11 is 0. The van der Waals surface area contributed by atoms with E-state index in [4.69, 9.17) is 0 Å². The van der Waals surface area contributed by atoms with Gasteiger partial charge in [0.2, 0.25) is 5.95 Å². The molecular weight excluding hydrogens is 327 g/mol. The third-order valence-corrected chi connectivity index (χ3v) is 4.64. The van der Waals surface area contributed by atoms with Gasteiger partial charge in [-0.2, -0.15) is 0 Å². The molecule has 2 aromatic carbocycles. The quantitative estimate of drug-likeness (QED) is 0.766. The number of aryl methyl sites for hydroxylation is 1. The number of rotatable bonds is 4. The Kier molecular flexibility index (Phi) is 4.63. The molecule has 1 N–H and O–H groups in total. The van der Waals surface area contributed by atoms with E-state index in [0.29, 0.717) is 5.95 Å². The molecule has 132 valence electrons. The molecule has 0 unspecified atom stereocenters. The summed E-state index contributed by atoms with van der Waals surface area (Å²) in [6, 6.07) is 14.9.